The summed E-state index contributed by atoms with van der Waals surface area (Å²) < 4.78 is 2.24. The van der Waals surface area contributed by atoms with Gasteiger partial charge in [-0.1, -0.05) is 5.16 Å². The normalized spacial score (nSPS) is 11.7. The Balaban J connectivity index is 2.43. The molecule has 0 aliphatic rings. The summed E-state index contributed by atoms with van der Waals surface area (Å²) >= 11 is 2.08. The van der Waals surface area contributed by atoms with E-state index in [1.54, 1.807) is 6.20 Å². The summed E-state index contributed by atoms with van der Waals surface area (Å²) in [5, 5.41) is 15.3. The molecule has 0 saturated carbocycles. The second-order valence-electron chi connectivity index (χ2n) is 2.69. The predicted octanol–water partition coefficient (Wildman–Crippen LogP) is -0.244. The van der Waals surface area contributed by atoms with Crippen LogP contribution in [-0.4, -0.2) is 35.8 Å². The third-order valence-electron chi connectivity index (χ3n) is 1.69. The highest BCUT2D eigenvalue weighted by Gasteiger charge is 2.09. The second kappa shape index (κ2) is 4.38. The van der Waals surface area contributed by atoms with Crippen LogP contribution in [0.25, 0.3) is 5.82 Å². The molecule has 0 radical (unpaired) electrons. The molecule has 2 heterocycles. The largest absolute Gasteiger partial charge is 0.409 e. The number of amidine groups is 1. The van der Waals surface area contributed by atoms with Crippen molar-refractivity contribution in [2.75, 3.05) is 0 Å². The molecule has 16 heavy (non-hydrogen) atoms. The topological polar surface area (TPSA) is 115 Å². The fourth-order valence-electron chi connectivity index (χ4n) is 1.00. The van der Waals surface area contributed by atoms with E-state index in [9.17, 15) is 0 Å². The van der Waals surface area contributed by atoms with Crippen LogP contribution >= 0.6 is 22.6 Å². The van der Waals surface area contributed by atoms with Crippen LogP contribution in [0.4, 0.5) is 0 Å². The Morgan fingerprint density at radius 2 is 2.31 bits per heavy atom. The molecule has 9 heteroatoms. The van der Waals surface area contributed by atoms with Crippen molar-refractivity contribution in [3.8, 4) is 5.82 Å². The molecule has 0 atom stereocenters. The van der Waals surface area contributed by atoms with Gasteiger partial charge >= 0.3 is 0 Å². The Kier molecular flexibility index (Phi) is 2.94. The first-order valence-electron chi connectivity index (χ1n) is 4.08. The van der Waals surface area contributed by atoms with Crippen LogP contribution in [-0.2, 0) is 0 Å². The molecule has 82 valence electrons. The molecule has 0 unspecified atom stereocenters. The minimum atomic E-state index is -0.150. The number of hydrogen-bond donors (Lipinski definition) is 2. The number of rotatable bonds is 2. The number of hydrogen-bond acceptors (Lipinski definition) is 6. The maximum atomic E-state index is 8.47. The lowest BCUT2D eigenvalue weighted by Gasteiger charge is -1.99. The van der Waals surface area contributed by atoms with Crippen LogP contribution < -0.4 is 5.73 Å². The van der Waals surface area contributed by atoms with Gasteiger partial charge in [0.2, 0.25) is 11.7 Å². The maximum Gasteiger partial charge on any atom is 0.220 e. The maximum absolute atomic E-state index is 8.47. The van der Waals surface area contributed by atoms with Gasteiger partial charge in [0.1, 0.15) is 12.7 Å². The van der Waals surface area contributed by atoms with Crippen molar-refractivity contribution in [2.24, 2.45) is 10.9 Å². The van der Waals surface area contributed by atoms with Crippen LogP contribution in [0.2, 0.25) is 0 Å². The molecule has 2 rings (SSSR count). The first kappa shape index (κ1) is 10.7. The predicted molar refractivity (Wildman–Crippen MR) is 62.2 cm³/mol. The Morgan fingerprint density at radius 1 is 1.50 bits per heavy atom. The van der Waals surface area contributed by atoms with Gasteiger partial charge in [0.15, 0.2) is 5.82 Å². The second-order valence-corrected chi connectivity index (χ2v) is 3.85. The van der Waals surface area contributed by atoms with E-state index in [0.29, 0.717) is 5.82 Å². The standard InChI is InChI=1S/C7H6IN7O/c8-4-1-10-2-11-7(4)15-3-12-6(13-15)5(9)14-16/h1-3,16H,(H2,9,14). The smallest absolute Gasteiger partial charge is 0.220 e. The Bertz CT molecular complexity index is 537. The molecule has 0 bridgehead atoms. The summed E-state index contributed by atoms with van der Waals surface area (Å²) in [6.07, 6.45) is 4.48. The van der Waals surface area contributed by atoms with E-state index >= 15 is 0 Å². The molecule has 8 nitrogen and oxygen atoms in total. The lowest BCUT2D eigenvalue weighted by molar-refractivity contribution is 0.318. The summed E-state index contributed by atoms with van der Waals surface area (Å²) in [4.78, 5) is 11.8. The van der Waals surface area contributed by atoms with Gasteiger partial charge in [-0.15, -0.1) is 5.10 Å². The highest BCUT2D eigenvalue weighted by molar-refractivity contribution is 14.1. The third kappa shape index (κ3) is 1.93. The van der Waals surface area contributed by atoms with Gasteiger partial charge in [0, 0.05) is 6.20 Å². The van der Waals surface area contributed by atoms with Gasteiger partial charge in [-0.3, -0.25) is 0 Å². The summed E-state index contributed by atoms with van der Waals surface area (Å²) in [5.41, 5.74) is 5.35. The molecule has 0 fully saturated rings. The van der Waals surface area contributed by atoms with E-state index in [1.165, 1.54) is 17.3 Å². The van der Waals surface area contributed by atoms with Gasteiger partial charge in [-0.2, -0.15) is 0 Å². The molecular weight excluding hydrogens is 325 g/mol. The van der Waals surface area contributed by atoms with Crippen molar-refractivity contribution in [3.63, 3.8) is 0 Å². The van der Waals surface area contributed by atoms with Crippen LogP contribution in [0.1, 0.15) is 5.82 Å². The zero-order valence-corrected chi connectivity index (χ0v) is 9.98. The molecule has 0 aliphatic carbocycles. The van der Waals surface area contributed by atoms with Gasteiger partial charge in [-0.25, -0.2) is 19.6 Å². The van der Waals surface area contributed by atoms with E-state index in [-0.39, 0.29) is 11.7 Å². The van der Waals surface area contributed by atoms with E-state index in [2.05, 4.69) is 47.8 Å². The van der Waals surface area contributed by atoms with E-state index in [1.807, 2.05) is 0 Å². The number of nitrogens with two attached hydrogens (primary N) is 1. The van der Waals surface area contributed by atoms with Crippen molar-refractivity contribution in [1.82, 2.24) is 24.7 Å². The lowest BCUT2D eigenvalue weighted by Crippen LogP contribution is -2.15. The molecule has 0 aromatic carbocycles. The highest BCUT2D eigenvalue weighted by Crippen LogP contribution is 2.10. The molecular formula is C7H6IN7O. The summed E-state index contributed by atoms with van der Waals surface area (Å²) in [7, 11) is 0. The summed E-state index contributed by atoms with van der Waals surface area (Å²) in [6.45, 7) is 0. The fraction of sp³-hybridized carbons (Fsp3) is 0. The molecule has 0 spiro atoms. The van der Waals surface area contributed by atoms with Gasteiger partial charge in [-0.05, 0) is 22.6 Å². The first-order chi connectivity index (χ1) is 7.72. The van der Waals surface area contributed by atoms with Crippen molar-refractivity contribution in [1.29, 1.82) is 0 Å². The fourth-order valence-corrected chi connectivity index (χ4v) is 1.55. The number of aromatic nitrogens is 5. The van der Waals surface area contributed by atoms with Crippen molar-refractivity contribution >= 4 is 28.4 Å². The number of oxime groups is 1. The summed E-state index contributed by atoms with van der Waals surface area (Å²) in [6, 6.07) is 0. The molecule has 0 saturated heterocycles. The van der Waals surface area contributed by atoms with Gasteiger partial charge < -0.3 is 10.9 Å². The van der Waals surface area contributed by atoms with Crippen LogP contribution in [0.15, 0.2) is 24.0 Å². The lowest BCUT2D eigenvalue weighted by atomic mass is 10.6. The zero-order valence-electron chi connectivity index (χ0n) is 7.82. The monoisotopic (exact) mass is 331 g/mol. The summed E-state index contributed by atoms with van der Waals surface area (Å²) in [5.74, 6) is 0.569. The van der Waals surface area contributed by atoms with Gasteiger partial charge in [0.25, 0.3) is 0 Å². The average Bonchev–Trinajstić information content (AvgIpc) is 2.78. The SMILES string of the molecule is NC(=NO)c1ncn(-c2ncncc2I)n1. The minimum absolute atomic E-state index is 0.136. The average molecular weight is 331 g/mol. The Labute approximate surface area is 103 Å². The first-order valence-corrected chi connectivity index (χ1v) is 5.15. The van der Waals surface area contributed by atoms with E-state index < -0.39 is 0 Å². The number of nitrogens with zero attached hydrogens (tertiary/aromatic N) is 6. The Morgan fingerprint density at radius 3 is 3.00 bits per heavy atom. The Hall–Kier alpha value is -1.78. The van der Waals surface area contributed by atoms with Crippen molar-refractivity contribution in [3.05, 3.63) is 28.2 Å². The van der Waals surface area contributed by atoms with E-state index in [4.69, 9.17) is 10.9 Å². The molecule has 3 N–H and O–H groups in total. The highest BCUT2D eigenvalue weighted by atomic mass is 127. The number of halogens is 1. The van der Waals surface area contributed by atoms with Crippen LogP contribution in [0.5, 0.6) is 0 Å². The van der Waals surface area contributed by atoms with Crippen molar-refractivity contribution in [2.45, 2.75) is 0 Å². The van der Waals surface area contributed by atoms with Crippen molar-refractivity contribution < 1.29 is 5.21 Å². The molecule has 0 aliphatic heterocycles. The quantitative estimate of drug-likeness (QED) is 0.258. The molecule has 2 aromatic heterocycles. The van der Waals surface area contributed by atoms with Crippen LogP contribution in [0.3, 0.4) is 0 Å². The van der Waals surface area contributed by atoms with E-state index in [0.717, 1.165) is 3.57 Å². The zero-order chi connectivity index (χ0) is 11.5. The van der Waals surface area contributed by atoms with Crippen LogP contribution in [0, 0.1) is 3.57 Å². The minimum Gasteiger partial charge on any atom is -0.409 e. The molecule has 0 amide bonds. The van der Waals surface area contributed by atoms with Gasteiger partial charge in [0.05, 0.1) is 3.57 Å². The third-order valence-corrected chi connectivity index (χ3v) is 2.45. The molecule has 2 aromatic rings.